The Balaban J connectivity index is 1.95. The molecule has 2 aromatic heterocycles. The van der Waals surface area contributed by atoms with Crippen molar-refractivity contribution < 1.29 is 13.6 Å². The number of carbonyl (C=O) groups excluding carboxylic acids is 1. The molecule has 0 radical (unpaired) electrons. The Kier molecular flexibility index (Phi) is 2.41. The lowest BCUT2D eigenvalue weighted by Gasteiger charge is -1.94. The van der Waals surface area contributed by atoms with E-state index in [1.807, 2.05) is 30.3 Å². The minimum Gasteiger partial charge on any atom is -0.461 e. The highest BCUT2D eigenvalue weighted by Crippen LogP contribution is 2.24. The first-order valence-electron chi connectivity index (χ1n) is 5.57. The van der Waals surface area contributed by atoms with Crippen LogP contribution in [0.4, 0.5) is 5.69 Å². The zero-order valence-corrected chi connectivity index (χ0v) is 9.55. The van der Waals surface area contributed by atoms with Gasteiger partial charge in [0.15, 0.2) is 12.0 Å². The molecule has 0 saturated carbocycles. The van der Waals surface area contributed by atoms with Gasteiger partial charge in [0.05, 0.1) is 12.1 Å². The third kappa shape index (κ3) is 1.78. The van der Waals surface area contributed by atoms with E-state index in [0.717, 1.165) is 16.7 Å². The summed E-state index contributed by atoms with van der Waals surface area (Å²) in [6, 6.07) is 11.2. The van der Waals surface area contributed by atoms with Gasteiger partial charge in [0.2, 0.25) is 0 Å². The molecule has 2 N–H and O–H groups in total. The second-order valence-electron chi connectivity index (χ2n) is 4.07. The molecule has 0 aliphatic carbocycles. The number of aldehydes is 1. The van der Waals surface area contributed by atoms with Crippen molar-refractivity contribution in [2.75, 3.05) is 5.73 Å². The van der Waals surface area contributed by atoms with Gasteiger partial charge in [-0.15, -0.1) is 0 Å². The predicted octanol–water partition coefficient (Wildman–Crippen LogP) is 3.01. The first kappa shape index (κ1) is 10.7. The van der Waals surface area contributed by atoms with E-state index in [0.29, 0.717) is 24.2 Å². The summed E-state index contributed by atoms with van der Waals surface area (Å²) in [6.45, 7) is 0. The summed E-state index contributed by atoms with van der Waals surface area (Å²) in [7, 11) is 0. The van der Waals surface area contributed by atoms with Crippen molar-refractivity contribution in [3.63, 3.8) is 0 Å². The summed E-state index contributed by atoms with van der Waals surface area (Å²) in [5, 5.41) is 1.04. The zero-order chi connectivity index (χ0) is 12.5. The number of rotatable bonds is 3. The summed E-state index contributed by atoms with van der Waals surface area (Å²) in [5.41, 5.74) is 7.06. The Labute approximate surface area is 103 Å². The fraction of sp³-hybridized carbons (Fsp3) is 0.0714. The zero-order valence-electron chi connectivity index (χ0n) is 9.55. The van der Waals surface area contributed by atoms with Gasteiger partial charge in [-0.3, -0.25) is 4.79 Å². The van der Waals surface area contributed by atoms with E-state index in [2.05, 4.69) is 0 Å². The average Bonchev–Trinajstić information content (AvgIpc) is 2.93. The number of benzene rings is 1. The number of furan rings is 2. The van der Waals surface area contributed by atoms with Gasteiger partial charge in [-0.25, -0.2) is 0 Å². The fourth-order valence-corrected chi connectivity index (χ4v) is 1.94. The topological polar surface area (TPSA) is 69.4 Å². The molecule has 0 aliphatic heterocycles. The Morgan fingerprint density at radius 2 is 2.00 bits per heavy atom. The third-order valence-corrected chi connectivity index (χ3v) is 2.79. The second kappa shape index (κ2) is 4.07. The van der Waals surface area contributed by atoms with Gasteiger partial charge >= 0.3 is 0 Å². The van der Waals surface area contributed by atoms with Crippen LogP contribution in [-0.2, 0) is 6.42 Å². The highest BCUT2D eigenvalue weighted by Gasteiger charge is 2.11. The third-order valence-electron chi connectivity index (χ3n) is 2.79. The first-order valence-corrected chi connectivity index (χ1v) is 5.57. The second-order valence-corrected chi connectivity index (χ2v) is 4.07. The molecule has 3 aromatic rings. The Morgan fingerprint density at radius 1 is 1.17 bits per heavy atom. The Hall–Kier alpha value is -2.49. The van der Waals surface area contributed by atoms with Gasteiger partial charge < -0.3 is 14.6 Å². The molecule has 0 saturated heterocycles. The molecule has 0 fully saturated rings. The summed E-state index contributed by atoms with van der Waals surface area (Å²) >= 11 is 0. The van der Waals surface area contributed by atoms with E-state index in [1.54, 1.807) is 0 Å². The highest BCUT2D eigenvalue weighted by atomic mass is 16.4. The normalized spacial score (nSPS) is 10.9. The van der Waals surface area contributed by atoms with E-state index in [-0.39, 0.29) is 5.76 Å². The Bertz CT molecular complexity index is 676. The number of hydrogen-bond acceptors (Lipinski definition) is 4. The molecule has 0 spiro atoms. The first-order chi connectivity index (χ1) is 8.76. The van der Waals surface area contributed by atoms with Gasteiger partial charge in [-0.2, -0.15) is 0 Å². The van der Waals surface area contributed by atoms with Crippen molar-refractivity contribution in [3.05, 3.63) is 53.7 Å². The number of hydrogen-bond donors (Lipinski definition) is 1. The van der Waals surface area contributed by atoms with Crippen LogP contribution in [0.15, 0.2) is 45.2 Å². The Morgan fingerprint density at radius 3 is 2.72 bits per heavy atom. The SMILES string of the molecule is Nc1cc(C=O)oc1Cc1cc2ccccc2o1. The van der Waals surface area contributed by atoms with Crippen LogP contribution in [0.2, 0.25) is 0 Å². The van der Waals surface area contributed by atoms with Crippen molar-refractivity contribution in [2.24, 2.45) is 0 Å². The smallest absolute Gasteiger partial charge is 0.185 e. The minimum absolute atomic E-state index is 0.235. The lowest BCUT2D eigenvalue weighted by molar-refractivity contribution is 0.109. The van der Waals surface area contributed by atoms with Gasteiger partial charge in [0.1, 0.15) is 17.1 Å². The molecule has 4 heteroatoms. The van der Waals surface area contributed by atoms with Crippen molar-refractivity contribution in [2.45, 2.75) is 6.42 Å². The molecule has 0 atom stereocenters. The molecule has 90 valence electrons. The summed E-state index contributed by atoms with van der Waals surface area (Å²) < 4.78 is 11.0. The fourth-order valence-electron chi connectivity index (χ4n) is 1.94. The maximum atomic E-state index is 10.6. The number of nitrogen functional groups attached to an aromatic ring is 1. The maximum Gasteiger partial charge on any atom is 0.185 e. The predicted molar refractivity (Wildman–Crippen MR) is 67.5 cm³/mol. The molecule has 1 aromatic carbocycles. The maximum absolute atomic E-state index is 10.6. The van der Waals surface area contributed by atoms with Crippen molar-refractivity contribution >= 4 is 22.9 Å². The molecule has 0 bridgehead atoms. The van der Waals surface area contributed by atoms with Crippen molar-refractivity contribution in [3.8, 4) is 0 Å². The summed E-state index contributed by atoms with van der Waals surface area (Å²) in [4.78, 5) is 10.6. The number of carbonyl (C=O) groups is 1. The minimum atomic E-state index is 0.235. The van der Waals surface area contributed by atoms with Crippen LogP contribution in [-0.4, -0.2) is 6.29 Å². The van der Waals surface area contributed by atoms with Crippen LogP contribution in [0.3, 0.4) is 0 Å². The van der Waals surface area contributed by atoms with Crippen LogP contribution < -0.4 is 5.73 Å². The van der Waals surface area contributed by atoms with Crippen LogP contribution in [0.25, 0.3) is 11.0 Å². The van der Waals surface area contributed by atoms with E-state index >= 15 is 0 Å². The van der Waals surface area contributed by atoms with E-state index in [1.165, 1.54) is 6.07 Å². The quantitative estimate of drug-likeness (QED) is 0.715. The molecule has 0 amide bonds. The molecular weight excluding hydrogens is 230 g/mol. The summed E-state index contributed by atoms with van der Waals surface area (Å²) in [6.07, 6.45) is 1.08. The lowest BCUT2D eigenvalue weighted by Crippen LogP contribution is -1.89. The molecule has 18 heavy (non-hydrogen) atoms. The van der Waals surface area contributed by atoms with Crippen LogP contribution in [0, 0.1) is 0 Å². The van der Waals surface area contributed by atoms with Crippen LogP contribution in [0.5, 0.6) is 0 Å². The lowest BCUT2D eigenvalue weighted by atomic mass is 10.2. The van der Waals surface area contributed by atoms with E-state index in [4.69, 9.17) is 14.6 Å². The molecular formula is C14H11NO3. The van der Waals surface area contributed by atoms with Crippen molar-refractivity contribution in [1.82, 2.24) is 0 Å². The average molecular weight is 241 g/mol. The molecule has 4 nitrogen and oxygen atoms in total. The standard InChI is InChI=1S/C14H11NO3/c15-12-6-11(8-16)18-14(12)7-10-5-9-3-1-2-4-13(9)17-10/h1-6,8H,7,15H2. The van der Waals surface area contributed by atoms with Gasteiger partial charge in [-0.05, 0) is 12.1 Å². The monoisotopic (exact) mass is 241 g/mol. The number of anilines is 1. The number of nitrogens with two attached hydrogens (primary N) is 1. The van der Waals surface area contributed by atoms with E-state index in [9.17, 15) is 4.79 Å². The van der Waals surface area contributed by atoms with Crippen LogP contribution >= 0.6 is 0 Å². The van der Waals surface area contributed by atoms with Crippen LogP contribution in [0.1, 0.15) is 22.1 Å². The van der Waals surface area contributed by atoms with E-state index < -0.39 is 0 Å². The molecule has 3 rings (SSSR count). The van der Waals surface area contributed by atoms with Gasteiger partial charge in [-0.1, -0.05) is 18.2 Å². The molecule has 2 heterocycles. The largest absolute Gasteiger partial charge is 0.461 e. The number of fused-ring (bicyclic) bond motifs is 1. The van der Waals surface area contributed by atoms with Gasteiger partial charge in [0.25, 0.3) is 0 Å². The summed E-state index contributed by atoms with van der Waals surface area (Å²) in [5.74, 6) is 1.55. The molecule has 0 aliphatic rings. The highest BCUT2D eigenvalue weighted by molar-refractivity contribution is 5.78. The number of para-hydroxylation sites is 1. The van der Waals surface area contributed by atoms with Gasteiger partial charge in [0, 0.05) is 11.5 Å². The van der Waals surface area contributed by atoms with Crippen molar-refractivity contribution in [1.29, 1.82) is 0 Å². The molecule has 0 unspecified atom stereocenters.